The van der Waals surface area contributed by atoms with Gasteiger partial charge >= 0.3 is 0 Å². The van der Waals surface area contributed by atoms with Gasteiger partial charge in [-0.15, -0.1) is 11.3 Å². The van der Waals surface area contributed by atoms with E-state index in [2.05, 4.69) is 10.3 Å². The third-order valence-electron chi connectivity index (χ3n) is 2.98. The van der Waals surface area contributed by atoms with Crippen LogP contribution < -0.4 is 5.32 Å². The maximum Gasteiger partial charge on any atom is 0.257 e. The normalized spacial score (nSPS) is 10.4. The predicted molar refractivity (Wildman–Crippen MR) is 83.1 cm³/mol. The zero-order chi connectivity index (χ0) is 15.2. The van der Waals surface area contributed by atoms with E-state index in [-0.39, 0.29) is 17.3 Å². The molecule has 6 heteroatoms. The van der Waals surface area contributed by atoms with Crippen molar-refractivity contribution in [3.63, 3.8) is 0 Å². The second-order valence-corrected chi connectivity index (χ2v) is 5.72. The van der Waals surface area contributed by atoms with Crippen molar-refractivity contribution in [2.24, 2.45) is 0 Å². The van der Waals surface area contributed by atoms with Crippen LogP contribution in [0.4, 0.5) is 10.2 Å². The molecule has 0 saturated carbocycles. The average Bonchev–Trinajstić information content (AvgIpc) is 2.98. The van der Waals surface area contributed by atoms with Crippen LogP contribution in [0.15, 0.2) is 29.8 Å². The molecule has 0 aliphatic carbocycles. The standard InChI is InChI=1S/C15H18FN3OS/c1-3-7-17-14-13(16)12(6-8-18-14)15(20)19(2)10-11-5-4-9-21-11/h4-6,8-9H,3,7,10H2,1-2H3,(H,17,18). The smallest absolute Gasteiger partial charge is 0.257 e. The van der Waals surface area contributed by atoms with Crippen LogP contribution in [0.2, 0.25) is 0 Å². The van der Waals surface area contributed by atoms with E-state index in [1.165, 1.54) is 17.2 Å². The second kappa shape index (κ2) is 7.17. The number of carbonyl (C=O) groups excluding carboxylic acids is 1. The quantitative estimate of drug-likeness (QED) is 0.890. The molecule has 0 atom stereocenters. The molecule has 21 heavy (non-hydrogen) atoms. The summed E-state index contributed by atoms with van der Waals surface area (Å²) < 4.78 is 14.3. The molecular weight excluding hydrogens is 289 g/mol. The van der Waals surface area contributed by atoms with E-state index < -0.39 is 5.82 Å². The van der Waals surface area contributed by atoms with Crippen LogP contribution in [0.1, 0.15) is 28.6 Å². The van der Waals surface area contributed by atoms with Crippen LogP contribution >= 0.6 is 11.3 Å². The third-order valence-corrected chi connectivity index (χ3v) is 3.84. The fourth-order valence-electron chi connectivity index (χ4n) is 1.89. The summed E-state index contributed by atoms with van der Waals surface area (Å²) >= 11 is 1.57. The minimum atomic E-state index is -0.589. The summed E-state index contributed by atoms with van der Waals surface area (Å²) in [6.45, 7) is 3.07. The first-order valence-corrected chi connectivity index (χ1v) is 7.67. The Morgan fingerprint density at radius 2 is 2.29 bits per heavy atom. The lowest BCUT2D eigenvalue weighted by Crippen LogP contribution is -2.27. The largest absolute Gasteiger partial charge is 0.368 e. The van der Waals surface area contributed by atoms with E-state index in [0.29, 0.717) is 13.1 Å². The number of amides is 1. The van der Waals surface area contributed by atoms with Gasteiger partial charge in [-0.2, -0.15) is 0 Å². The maximum absolute atomic E-state index is 14.3. The van der Waals surface area contributed by atoms with Crippen molar-refractivity contribution in [1.82, 2.24) is 9.88 Å². The molecule has 0 fully saturated rings. The molecule has 2 heterocycles. The van der Waals surface area contributed by atoms with Gasteiger partial charge in [-0.05, 0) is 23.9 Å². The number of pyridine rings is 1. The fourth-order valence-corrected chi connectivity index (χ4v) is 2.65. The first kappa shape index (κ1) is 15.4. The summed E-state index contributed by atoms with van der Waals surface area (Å²) in [6.07, 6.45) is 2.31. The molecule has 0 radical (unpaired) electrons. The number of aromatic nitrogens is 1. The number of rotatable bonds is 6. The van der Waals surface area contributed by atoms with Crippen molar-refractivity contribution in [2.45, 2.75) is 19.9 Å². The molecule has 0 aromatic carbocycles. The number of halogens is 1. The van der Waals surface area contributed by atoms with E-state index in [4.69, 9.17) is 0 Å². The lowest BCUT2D eigenvalue weighted by atomic mass is 10.2. The molecular formula is C15H18FN3OS. The zero-order valence-electron chi connectivity index (χ0n) is 12.1. The number of carbonyl (C=O) groups is 1. The highest BCUT2D eigenvalue weighted by Gasteiger charge is 2.19. The van der Waals surface area contributed by atoms with E-state index in [0.717, 1.165) is 11.3 Å². The Kier molecular flexibility index (Phi) is 5.27. The highest BCUT2D eigenvalue weighted by molar-refractivity contribution is 7.09. The van der Waals surface area contributed by atoms with E-state index >= 15 is 0 Å². The van der Waals surface area contributed by atoms with Crippen LogP contribution in [0, 0.1) is 5.82 Å². The Balaban J connectivity index is 2.14. The summed E-state index contributed by atoms with van der Waals surface area (Å²) in [7, 11) is 1.67. The maximum atomic E-state index is 14.3. The Morgan fingerprint density at radius 1 is 1.48 bits per heavy atom. The summed E-state index contributed by atoms with van der Waals surface area (Å²) in [6, 6.07) is 5.30. The van der Waals surface area contributed by atoms with Crippen molar-refractivity contribution in [3.8, 4) is 0 Å². The minimum Gasteiger partial charge on any atom is -0.368 e. The summed E-state index contributed by atoms with van der Waals surface area (Å²) in [4.78, 5) is 18.9. The molecule has 1 N–H and O–H groups in total. The summed E-state index contributed by atoms with van der Waals surface area (Å²) in [5.41, 5.74) is 0.0441. The van der Waals surface area contributed by atoms with Gasteiger partial charge in [0.15, 0.2) is 11.6 Å². The molecule has 112 valence electrons. The van der Waals surface area contributed by atoms with Crippen molar-refractivity contribution >= 4 is 23.1 Å². The molecule has 2 aromatic rings. The Hall–Kier alpha value is -1.95. The molecule has 2 aromatic heterocycles. The molecule has 0 bridgehead atoms. The van der Waals surface area contributed by atoms with Crippen LogP contribution in [0.3, 0.4) is 0 Å². The minimum absolute atomic E-state index is 0.0441. The van der Waals surface area contributed by atoms with Gasteiger partial charge in [0.25, 0.3) is 5.91 Å². The van der Waals surface area contributed by atoms with E-state index in [1.807, 2.05) is 24.4 Å². The van der Waals surface area contributed by atoms with Gasteiger partial charge in [-0.1, -0.05) is 13.0 Å². The second-order valence-electron chi connectivity index (χ2n) is 4.69. The van der Waals surface area contributed by atoms with Gasteiger partial charge in [0.05, 0.1) is 12.1 Å². The molecule has 1 amide bonds. The van der Waals surface area contributed by atoms with E-state index in [1.54, 1.807) is 18.4 Å². The summed E-state index contributed by atoms with van der Waals surface area (Å²) in [5, 5.41) is 4.84. The molecule has 0 spiro atoms. The topological polar surface area (TPSA) is 45.2 Å². The van der Waals surface area contributed by atoms with Gasteiger partial charge in [0, 0.05) is 24.7 Å². The van der Waals surface area contributed by atoms with Gasteiger partial charge < -0.3 is 10.2 Å². The van der Waals surface area contributed by atoms with Crippen molar-refractivity contribution in [1.29, 1.82) is 0 Å². The molecule has 0 saturated heterocycles. The average molecular weight is 307 g/mol. The Labute approximate surface area is 127 Å². The lowest BCUT2D eigenvalue weighted by molar-refractivity contribution is 0.0781. The highest BCUT2D eigenvalue weighted by atomic mass is 32.1. The van der Waals surface area contributed by atoms with Gasteiger partial charge in [-0.3, -0.25) is 4.79 Å². The molecule has 0 aliphatic rings. The lowest BCUT2D eigenvalue weighted by Gasteiger charge is -2.17. The molecule has 0 unspecified atom stereocenters. The van der Waals surface area contributed by atoms with Crippen molar-refractivity contribution < 1.29 is 9.18 Å². The Bertz CT molecular complexity index is 601. The summed E-state index contributed by atoms with van der Waals surface area (Å²) in [5.74, 6) is -0.802. The molecule has 2 rings (SSSR count). The molecule has 0 aliphatic heterocycles. The van der Waals surface area contributed by atoms with Crippen LogP contribution in [0.25, 0.3) is 0 Å². The highest BCUT2D eigenvalue weighted by Crippen LogP contribution is 2.18. The third kappa shape index (κ3) is 3.78. The predicted octanol–water partition coefficient (Wildman–Crippen LogP) is 3.38. The van der Waals surface area contributed by atoms with E-state index in [9.17, 15) is 9.18 Å². The van der Waals surface area contributed by atoms with Crippen LogP contribution in [0.5, 0.6) is 0 Å². The molecule has 4 nitrogen and oxygen atoms in total. The van der Waals surface area contributed by atoms with Gasteiger partial charge in [0.1, 0.15) is 0 Å². The zero-order valence-corrected chi connectivity index (χ0v) is 12.9. The number of anilines is 1. The number of nitrogens with zero attached hydrogens (tertiary/aromatic N) is 2. The number of hydrogen-bond acceptors (Lipinski definition) is 4. The van der Waals surface area contributed by atoms with Crippen LogP contribution in [-0.4, -0.2) is 29.4 Å². The first-order chi connectivity index (χ1) is 10.1. The number of thiophene rings is 1. The number of hydrogen-bond donors (Lipinski definition) is 1. The Morgan fingerprint density at radius 3 is 2.95 bits per heavy atom. The SMILES string of the molecule is CCCNc1nccc(C(=O)N(C)Cc2cccs2)c1F. The van der Waals surface area contributed by atoms with Gasteiger partial charge in [0.2, 0.25) is 0 Å². The van der Waals surface area contributed by atoms with Gasteiger partial charge in [-0.25, -0.2) is 9.37 Å². The first-order valence-electron chi connectivity index (χ1n) is 6.79. The monoisotopic (exact) mass is 307 g/mol. The van der Waals surface area contributed by atoms with Crippen molar-refractivity contribution in [3.05, 3.63) is 46.0 Å². The number of nitrogens with one attached hydrogen (secondary N) is 1. The van der Waals surface area contributed by atoms with Crippen molar-refractivity contribution in [2.75, 3.05) is 18.9 Å². The fraction of sp³-hybridized carbons (Fsp3) is 0.333. The van der Waals surface area contributed by atoms with Crippen LogP contribution in [-0.2, 0) is 6.54 Å².